The van der Waals surface area contributed by atoms with E-state index in [2.05, 4.69) is 66.6 Å². The van der Waals surface area contributed by atoms with Crippen LogP contribution in [0, 0.1) is 5.92 Å². The highest BCUT2D eigenvalue weighted by molar-refractivity contribution is 5.99. The fourth-order valence-electron chi connectivity index (χ4n) is 4.47. The van der Waals surface area contributed by atoms with Gasteiger partial charge in [0, 0.05) is 35.7 Å². The van der Waals surface area contributed by atoms with Gasteiger partial charge in [0.15, 0.2) is 0 Å². The number of hydrogen-bond donors (Lipinski definition) is 2. The molecule has 1 aromatic carbocycles. The molecule has 0 radical (unpaired) electrons. The molecule has 4 rings (SSSR count). The van der Waals surface area contributed by atoms with E-state index in [0.29, 0.717) is 6.04 Å². The van der Waals surface area contributed by atoms with Crippen LogP contribution in [-0.4, -0.2) is 41.5 Å². The van der Waals surface area contributed by atoms with Crippen molar-refractivity contribution in [1.29, 1.82) is 0 Å². The van der Waals surface area contributed by atoms with Crippen molar-refractivity contribution >= 4 is 22.4 Å². The number of nitrogens with one attached hydrogen (secondary N) is 2. The molecule has 0 unspecified atom stereocenters. The first-order valence-electron chi connectivity index (χ1n) is 9.40. The average molecular weight is 337 g/mol. The topological polar surface area (TPSA) is 48.1 Å². The second-order valence-electron chi connectivity index (χ2n) is 7.63. The van der Waals surface area contributed by atoms with Gasteiger partial charge in [-0.1, -0.05) is 31.6 Å². The molecule has 4 heteroatoms. The predicted molar refractivity (Wildman–Crippen MR) is 102 cm³/mol. The second-order valence-corrected chi connectivity index (χ2v) is 7.63. The van der Waals surface area contributed by atoms with Crippen LogP contribution in [0.3, 0.4) is 0 Å². The largest absolute Gasteiger partial charge is 0.361 e. The first-order chi connectivity index (χ1) is 12.1. The van der Waals surface area contributed by atoms with Crippen LogP contribution in [0.1, 0.15) is 37.8 Å². The number of carbonyl (C=O) groups is 1. The van der Waals surface area contributed by atoms with Gasteiger partial charge < -0.3 is 10.3 Å². The molecule has 1 aromatic heterocycles. The van der Waals surface area contributed by atoms with Gasteiger partial charge in [-0.2, -0.15) is 0 Å². The summed E-state index contributed by atoms with van der Waals surface area (Å²) in [5, 5.41) is 4.52. The highest BCUT2D eigenvalue weighted by Gasteiger charge is 2.35. The number of aromatic amines is 1. The maximum Gasteiger partial charge on any atom is 0.228 e. The quantitative estimate of drug-likeness (QED) is 0.899. The average Bonchev–Trinajstić information content (AvgIpc) is 3.00. The van der Waals surface area contributed by atoms with E-state index in [9.17, 15) is 4.79 Å². The van der Waals surface area contributed by atoms with E-state index >= 15 is 0 Å². The summed E-state index contributed by atoms with van der Waals surface area (Å²) in [4.78, 5) is 18.5. The number of rotatable bonds is 4. The second kappa shape index (κ2) is 6.34. The van der Waals surface area contributed by atoms with Gasteiger partial charge in [0.1, 0.15) is 0 Å². The van der Waals surface area contributed by atoms with Gasteiger partial charge in [-0.15, -0.1) is 0 Å². The molecule has 0 saturated heterocycles. The number of amides is 1. The van der Waals surface area contributed by atoms with Gasteiger partial charge in [-0.05, 0) is 49.6 Å². The van der Waals surface area contributed by atoms with Crippen LogP contribution in [-0.2, 0) is 11.2 Å². The number of fused-ring (bicyclic) bond motifs is 2. The van der Waals surface area contributed by atoms with Gasteiger partial charge in [0.05, 0.1) is 5.92 Å². The summed E-state index contributed by atoms with van der Waals surface area (Å²) in [5.74, 6) is 0.0806. The van der Waals surface area contributed by atoms with Crippen molar-refractivity contribution in [2.45, 2.75) is 45.2 Å². The van der Waals surface area contributed by atoms with Crippen molar-refractivity contribution in [2.75, 3.05) is 13.6 Å². The Morgan fingerprint density at radius 1 is 1.44 bits per heavy atom. The lowest BCUT2D eigenvalue weighted by atomic mass is 9.80. The predicted octanol–water partition coefficient (Wildman–Crippen LogP) is 3.34. The Hall–Kier alpha value is -2.07. The summed E-state index contributed by atoms with van der Waals surface area (Å²) in [7, 11) is 2.14. The molecule has 0 fully saturated rings. The number of aromatic nitrogens is 1. The molecule has 1 aliphatic heterocycles. The van der Waals surface area contributed by atoms with Crippen molar-refractivity contribution in [3.8, 4) is 0 Å². The molecule has 2 N–H and O–H groups in total. The van der Waals surface area contributed by atoms with E-state index in [1.807, 2.05) is 0 Å². The van der Waals surface area contributed by atoms with E-state index in [1.54, 1.807) is 0 Å². The normalized spacial score (nSPS) is 23.9. The van der Waals surface area contributed by atoms with Crippen LogP contribution in [0.2, 0.25) is 0 Å². The molecule has 0 spiro atoms. The number of carbonyl (C=O) groups excluding carboxylic acids is 1. The number of hydrogen-bond acceptors (Lipinski definition) is 2. The Morgan fingerprint density at radius 3 is 3.08 bits per heavy atom. The monoisotopic (exact) mass is 337 g/mol. The third-order valence-corrected chi connectivity index (χ3v) is 5.72. The standard InChI is InChI=1S/C21H27N3O/c1-4-6-13(2)23-21(25)15-9-17-16-7-5-8-18-20(16)14(11-22-18)10-19(17)24(3)12-15/h5,7-9,11,13,15,19,22H,4,6,10,12H2,1-3H3,(H,23,25)/t13-,15+,19+/m0/s1. The first kappa shape index (κ1) is 16.4. The summed E-state index contributed by atoms with van der Waals surface area (Å²) in [6.07, 6.45) is 7.50. The van der Waals surface area contributed by atoms with E-state index in [-0.39, 0.29) is 17.9 Å². The molecule has 2 aliphatic rings. The Balaban J connectivity index is 1.69. The highest BCUT2D eigenvalue weighted by atomic mass is 16.2. The minimum atomic E-state index is -0.0775. The van der Waals surface area contributed by atoms with Crippen molar-refractivity contribution in [2.24, 2.45) is 5.92 Å². The zero-order valence-electron chi connectivity index (χ0n) is 15.3. The molecule has 25 heavy (non-hydrogen) atoms. The summed E-state index contributed by atoms with van der Waals surface area (Å²) in [6.45, 7) is 5.03. The summed E-state index contributed by atoms with van der Waals surface area (Å²) in [5.41, 5.74) is 5.18. The Kier molecular flexibility index (Phi) is 4.16. The molecule has 1 aliphatic carbocycles. The Morgan fingerprint density at radius 2 is 2.28 bits per heavy atom. The summed E-state index contributed by atoms with van der Waals surface area (Å²) in [6, 6.07) is 7.04. The Bertz CT molecular complexity index is 835. The van der Waals surface area contributed by atoms with Crippen molar-refractivity contribution < 1.29 is 4.79 Å². The van der Waals surface area contributed by atoms with Crippen LogP contribution in [0.5, 0.6) is 0 Å². The molecule has 2 aromatic rings. The molecule has 3 atom stereocenters. The van der Waals surface area contributed by atoms with E-state index in [1.165, 1.54) is 27.6 Å². The highest BCUT2D eigenvalue weighted by Crippen LogP contribution is 2.40. The fraction of sp³-hybridized carbons (Fsp3) is 0.476. The fourth-order valence-corrected chi connectivity index (χ4v) is 4.47. The number of nitrogens with zero attached hydrogens (tertiary/aromatic N) is 1. The van der Waals surface area contributed by atoms with E-state index in [0.717, 1.165) is 25.8 Å². The molecule has 132 valence electrons. The maximum atomic E-state index is 12.8. The van der Waals surface area contributed by atoms with Crippen molar-refractivity contribution in [3.63, 3.8) is 0 Å². The minimum absolute atomic E-state index is 0.0775. The van der Waals surface area contributed by atoms with Crippen LogP contribution in [0.4, 0.5) is 0 Å². The lowest BCUT2D eigenvalue weighted by Gasteiger charge is -2.39. The number of H-pyrrole nitrogens is 1. The lowest BCUT2D eigenvalue weighted by molar-refractivity contribution is -0.124. The molecular formula is C21H27N3O. The van der Waals surface area contributed by atoms with Crippen molar-refractivity contribution in [3.05, 3.63) is 41.6 Å². The van der Waals surface area contributed by atoms with Gasteiger partial charge in [-0.3, -0.25) is 9.69 Å². The molecule has 4 nitrogen and oxygen atoms in total. The molecule has 1 amide bonds. The molecule has 0 bridgehead atoms. The number of likely N-dealkylation sites (N-methyl/N-ethyl adjacent to an activating group) is 1. The molecule has 2 heterocycles. The lowest BCUT2D eigenvalue weighted by Crippen LogP contribution is -2.47. The van der Waals surface area contributed by atoms with Crippen LogP contribution >= 0.6 is 0 Å². The smallest absolute Gasteiger partial charge is 0.228 e. The minimum Gasteiger partial charge on any atom is -0.361 e. The van der Waals surface area contributed by atoms with E-state index in [4.69, 9.17) is 0 Å². The summed E-state index contributed by atoms with van der Waals surface area (Å²) < 4.78 is 0. The first-order valence-corrected chi connectivity index (χ1v) is 9.40. The van der Waals surface area contributed by atoms with Gasteiger partial charge in [-0.25, -0.2) is 0 Å². The zero-order chi connectivity index (χ0) is 17.6. The summed E-state index contributed by atoms with van der Waals surface area (Å²) >= 11 is 0. The van der Waals surface area contributed by atoms with Crippen LogP contribution in [0.25, 0.3) is 16.5 Å². The zero-order valence-corrected chi connectivity index (χ0v) is 15.3. The van der Waals surface area contributed by atoms with Gasteiger partial charge in [0.2, 0.25) is 5.91 Å². The third-order valence-electron chi connectivity index (χ3n) is 5.72. The molecular weight excluding hydrogens is 310 g/mol. The Labute approximate surface area is 149 Å². The van der Waals surface area contributed by atoms with Gasteiger partial charge >= 0.3 is 0 Å². The van der Waals surface area contributed by atoms with Crippen molar-refractivity contribution in [1.82, 2.24) is 15.2 Å². The van der Waals surface area contributed by atoms with Crippen LogP contribution in [0.15, 0.2) is 30.5 Å². The van der Waals surface area contributed by atoms with Crippen LogP contribution < -0.4 is 5.32 Å². The SMILES string of the molecule is CCC[C@H](C)NC(=O)[C@@H]1C=C2c3cccc4[nH]cc(c34)C[C@H]2N(C)C1. The third kappa shape index (κ3) is 2.78. The van der Waals surface area contributed by atoms with Gasteiger partial charge in [0.25, 0.3) is 0 Å². The molecule has 0 saturated carbocycles. The maximum absolute atomic E-state index is 12.8. The number of benzene rings is 1. The van der Waals surface area contributed by atoms with E-state index < -0.39 is 0 Å².